The molecule has 0 spiro atoms. The second kappa shape index (κ2) is 4.27. The van der Waals surface area contributed by atoms with Gasteiger partial charge in [0.1, 0.15) is 6.42 Å². The predicted molar refractivity (Wildman–Crippen MR) is 47.1 cm³/mol. The third-order valence-corrected chi connectivity index (χ3v) is 1.43. The van der Waals surface area contributed by atoms with Gasteiger partial charge in [0.05, 0.1) is 13.7 Å². The Balaban J connectivity index is 2.71. The first-order valence-corrected chi connectivity index (χ1v) is 3.59. The molecule has 0 heterocycles. The van der Waals surface area contributed by atoms with E-state index in [1.807, 2.05) is 0 Å². The third kappa shape index (κ3) is 2.60. The van der Waals surface area contributed by atoms with E-state index in [0.717, 1.165) is 0 Å². The minimum absolute atomic E-state index is 0.518. The summed E-state index contributed by atoms with van der Waals surface area (Å²) in [7, 11) is 1.29. The Labute approximate surface area is 76.8 Å². The first-order valence-electron chi connectivity index (χ1n) is 3.59. The van der Waals surface area contributed by atoms with Crippen LogP contribution in [0.4, 0.5) is 5.69 Å². The molecule has 0 aliphatic rings. The number of methoxy groups -OCH3 is 1. The van der Waals surface area contributed by atoms with Gasteiger partial charge in [0, 0.05) is 0 Å². The summed E-state index contributed by atoms with van der Waals surface area (Å²) in [5, 5.41) is 0. The fourth-order valence-electron chi connectivity index (χ4n) is 0.788. The Morgan fingerprint density at radius 3 is 2.54 bits per heavy atom. The summed E-state index contributed by atoms with van der Waals surface area (Å²) in [5.41, 5.74) is 1.15. The average Bonchev–Trinajstić information content (AvgIpc) is 2.19. The molecular weight excluding hydrogens is 166 g/mol. The number of hydrogen-bond acceptors (Lipinski definition) is 2. The maximum atomic E-state index is 10.7. The monoisotopic (exact) mass is 173 g/mol. The highest BCUT2D eigenvalue weighted by atomic mass is 16.5. The average molecular weight is 173 g/mol. The minimum Gasteiger partial charge on any atom is -0.468 e. The molecular formula is C10H7NO2. The van der Waals surface area contributed by atoms with Crippen LogP contribution in [0.1, 0.15) is 5.56 Å². The number of nitrogens with zero attached hydrogens (tertiary/aromatic N) is 1. The van der Waals surface area contributed by atoms with E-state index >= 15 is 0 Å². The van der Waals surface area contributed by atoms with Crippen LogP contribution >= 0.6 is 0 Å². The van der Waals surface area contributed by atoms with Crippen molar-refractivity contribution in [2.45, 2.75) is 0 Å². The SMILES string of the molecule is [C-]#[N+]c1ccc([C]C(=O)OC)cc1. The van der Waals surface area contributed by atoms with Crippen molar-refractivity contribution in [1.29, 1.82) is 0 Å². The van der Waals surface area contributed by atoms with E-state index in [2.05, 4.69) is 16.0 Å². The van der Waals surface area contributed by atoms with Gasteiger partial charge in [-0.15, -0.1) is 0 Å². The molecule has 0 unspecified atom stereocenters. The fourth-order valence-corrected chi connectivity index (χ4v) is 0.788. The highest BCUT2D eigenvalue weighted by Gasteiger charge is 2.03. The highest BCUT2D eigenvalue weighted by Crippen LogP contribution is 2.13. The van der Waals surface area contributed by atoms with Crippen LogP contribution in [0.3, 0.4) is 0 Å². The van der Waals surface area contributed by atoms with Crippen molar-refractivity contribution < 1.29 is 9.53 Å². The summed E-state index contributed by atoms with van der Waals surface area (Å²) >= 11 is 0. The number of hydrogen-bond donors (Lipinski definition) is 0. The Morgan fingerprint density at radius 1 is 1.46 bits per heavy atom. The topological polar surface area (TPSA) is 30.7 Å². The van der Waals surface area contributed by atoms with E-state index in [4.69, 9.17) is 6.57 Å². The largest absolute Gasteiger partial charge is 0.468 e. The van der Waals surface area contributed by atoms with Gasteiger partial charge in [-0.3, -0.25) is 4.79 Å². The molecule has 1 aromatic carbocycles. The molecule has 0 atom stereocenters. The van der Waals surface area contributed by atoms with E-state index in [9.17, 15) is 4.79 Å². The molecule has 0 N–H and O–H groups in total. The summed E-state index contributed by atoms with van der Waals surface area (Å²) in [6, 6.07) is 6.53. The summed E-state index contributed by atoms with van der Waals surface area (Å²) in [6.07, 6.45) is 2.48. The predicted octanol–water partition coefficient (Wildman–Crippen LogP) is 1.84. The first-order chi connectivity index (χ1) is 6.26. The summed E-state index contributed by atoms with van der Waals surface area (Å²) in [5.74, 6) is -0.518. The van der Waals surface area contributed by atoms with Crippen molar-refractivity contribution in [3.05, 3.63) is 47.7 Å². The van der Waals surface area contributed by atoms with E-state index < -0.39 is 5.97 Å². The van der Waals surface area contributed by atoms with Crippen LogP contribution in [0.25, 0.3) is 4.85 Å². The molecule has 0 aromatic heterocycles. The van der Waals surface area contributed by atoms with E-state index in [-0.39, 0.29) is 0 Å². The lowest BCUT2D eigenvalue weighted by molar-refractivity contribution is -0.136. The third-order valence-electron chi connectivity index (χ3n) is 1.43. The Morgan fingerprint density at radius 2 is 2.08 bits per heavy atom. The van der Waals surface area contributed by atoms with Gasteiger partial charge < -0.3 is 4.74 Å². The minimum atomic E-state index is -0.518. The van der Waals surface area contributed by atoms with Crippen LogP contribution < -0.4 is 0 Å². The van der Waals surface area contributed by atoms with Crippen molar-refractivity contribution >= 4 is 11.7 Å². The molecule has 0 aliphatic carbocycles. The van der Waals surface area contributed by atoms with Crippen LogP contribution in [-0.4, -0.2) is 13.1 Å². The first kappa shape index (κ1) is 9.27. The van der Waals surface area contributed by atoms with Gasteiger partial charge in [-0.05, 0) is 5.56 Å². The Hall–Kier alpha value is -1.82. The zero-order valence-corrected chi connectivity index (χ0v) is 7.07. The van der Waals surface area contributed by atoms with Crippen molar-refractivity contribution in [3.8, 4) is 0 Å². The number of carbonyl (C=O) groups is 1. The van der Waals surface area contributed by atoms with Crippen LogP contribution in [0, 0.1) is 13.0 Å². The maximum absolute atomic E-state index is 10.7. The van der Waals surface area contributed by atoms with Gasteiger partial charge in [0.2, 0.25) is 0 Å². The Bertz CT molecular complexity index is 335. The zero-order valence-electron chi connectivity index (χ0n) is 7.07. The van der Waals surface area contributed by atoms with E-state index in [1.165, 1.54) is 7.11 Å². The number of rotatable bonds is 2. The number of esters is 1. The number of ether oxygens (including phenoxy) is 1. The standard InChI is InChI=1S/C10H7NO2/c1-11-9-5-3-8(4-6-9)7-10(12)13-2/h3-6H,2H3. The summed E-state index contributed by atoms with van der Waals surface area (Å²) in [6.45, 7) is 6.70. The van der Waals surface area contributed by atoms with Crippen LogP contribution in [0.5, 0.6) is 0 Å². The number of benzene rings is 1. The van der Waals surface area contributed by atoms with Crippen molar-refractivity contribution in [2.75, 3.05) is 7.11 Å². The molecule has 0 amide bonds. The molecule has 0 bridgehead atoms. The molecule has 1 aromatic rings. The van der Waals surface area contributed by atoms with Crippen molar-refractivity contribution in [1.82, 2.24) is 0 Å². The van der Waals surface area contributed by atoms with Gasteiger partial charge in [0.15, 0.2) is 5.69 Å². The second-order valence-electron chi connectivity index (χ2n) is 2.28. The number of carbonyl (C=O) groups excluding carboxylic acids is 1. The zero-order chi connectivity index (χ0) is 9.68. The quantitative estimate of drug-likeness (QED) is 0.504. The van der Waals surface area contributed by atoms with Gasteiger partial charge in [-0.1, -0.05) is 24.3 Å². The van der Waals surface area contributed by atoms with E-state index in [0.29, 0.717) is 11.3 Å². The maximum Gasteiger partial charge on any atom is 0.319 e. The molecule has 0 fully saturated rings. The Kier molecular flexibility index (Phi) is 3.04. The van der Waals surface area contributed by atoms with Gasteiger partial charge >= 0.3 is 5.97 Å². The smallest absolute Gasteiger partial charge is 0.319 e. The molecule has 2 radical (unpaired) electrons. The normalized spacial score (nSPS) is 8.92. The van der Waals surface area contributed by atoms with Gasteiger partial charge in [-0.2, -0.15) is 0 Å². The summed E-state index contributed by atoms with van der Waals surface area (Å²) < 4.78 is 4.40. The van der Waals surface area contributed by atoms with Crippen molar-refractivity contribution in [2.24, 2.45) is 0 Å². The molecule has 13 heavy (non-hydrogen) atoms. The fraction of sp³-hybridized carbons (Fsp3) is 0.100. The molecule has 64 valence electrons. The van der Waals surface area contributed by atoms with Crippen molar-refractivity contribution in [3.63, 3.8) is 0 Å². The molecule has 3 nitrogen and oxygen atoms in total. The summed E-state index contributed by atoms with van der Waals surface area (Å²) in [4.78, 5) is 14.0. The lowest BCUT2D eigenvalue weighted by Gasteiger charge is -1.97. The lowest BCUT2D eigenvalue weighted by atomic mass is 10.1. The van der Waals surface area contributed by atoms with Crippen LogP contribution in [0.2, 0.25) is 0 Å². The molecule has 0 saturated heterocycles. The molecule has 0 aliphatic heterocycles. The molecule has 0 saturated carbocycles. The lowest BCUT2D eigenvalue weighted by Crippen LogP contribution is -2.01. The second-order valence-corrected chi connectivity index (χ2v) is 2.28. The molecule has 1 rings (SSSR count). The van der Waals surface area contributed by atoms with Gasteiger partial charge in [0.25, 0.3) is 0 Å². The van der Waals surface area contributed by atoms with Crippen LogP contribution in [0.15, 0.2) is 24.3 Å². The highest BCUT2D eigenvalue weighted by molar-refractivity contribution is 5.83. The molecule has 3 heteroatoms. The van der Waals surface area contributed by atoms with E-state index in [1.54, 1.807) is 24.3 Å². The van der Waals surface area contributed by atoms with Crippen LogP contribution in [-0.2, 0) is 9.53 Å². The van der Waals surface area contributed by atoms with Gasteiger partial charge in [-0.25, -0.2) is 4.85 Å².